The summed E-state index contributed by atoms with van der Waals surface area (Å²) in [5, 5.41) is 8.50. The van der Waals surface area contributed by atoms with Crippen LogP contribution in [0.4, 0.5) is 0 Å². The van der Waals surface area contributed by atoms with Gasteiger partial charge < -0.3 is 10.8 Å². The molecule has 0 radical (unpaired) electrons. The molecule has 3 N–H and O–H groups in total. The second-order valence-electron chi connectivity index (χ2n) is 3.62. The first kappa shape index (κ1) is 11.4. The zero-order chi connectivity index (χ0) is 9.56. The topological polar surface area (TPSA) is 63.3 Å². The quantitative estimate of drug-likeness (QED) is 0.639. The van der Waals surface area contributed by atoms with Crippen molar-refractivity contribution < 1.29 is 9.90 Å². The van der Waals surface area contributed by atoms with E-state index in [2.05, 4.69) is 6.92 Å². The Balaban J connectivity index is 3.53. The molecule has 0 aromatic heterocycles. The van der Waals surface area contributed by atoms with Crippen molar-refractivity contribution in [2.24, 2.45) is 17.6 Å². The van der Waals surface area contributed by atoms with Crippen molar-refractivity contribution >= 4 is 5.97 Å². The summed E-state index contributed by atoms with van der Waals surface area (Å²) in [5.74, 6) is 0.107. The van der Waals surface area contributed by atoms with E-state index in [1.165, 1.54) is 0 Å². The van der Waals surface area contributed by atoms with Gasteiger partial charge >= 0.3 is 5.97 Å². The fourth-order valence-corrected chi connectivity index (χ4v) is 1.47. The minimum Gasteiger partial charge on any atom is -0.481 e. The normalized spacial score (nSPS) is 15.6. The van der Waals surface area contributed by atoms with Crippen molar-refractivity contribution in [3.63, 3.8) is 0 Å². The molecule has 12 heavy (non-hydrogen) atoms. The van der Waals surface area contributed by atoms with Gasteiger partial charge in [0.15, 0.2) is 0 Å². The summed E-state index contributed by atoms with van der Waals surface area (Å²) in [6.45, 7) is 4.79. The van der Waals surface area contributed by atoms with Crippen LogP contribution in [-0.4, -0.2) is 17.6 Å². The predicted octanol–water partition coefficient (Wildman–Crippen LogP) is 1.47. The summed E-state index contributed by atoms with van der Waals surface area (Å²) in [6, 6.07) is 0. The van der Waals surface area contributed by atoms with Crippen molar-refractivity contribution in [2.75, 3.05) is 6.54 Å². The minimum atomic E-state index is -0.706. The molecule has 0 unspecified atom stereocenters. The molecule has 3 nitrogen and oxygen atoms in total. The maximum absolute atomic E-state index is 10.3. The average molecular weight is 173 g/mol. The summed E-state index contributed by atoms with van der Waals surface area (Å²) in [5.41, 5.74) is 5.39. The highest BCUT2D eigenvalue weighted by Crippen LogP contribution is 2.16. The second kappa shape index (κ2) is 6.00. The van der Waals surface area contributed by atoms with E-state index in [-0.39, 0.29) is 12.3 Å². The molecule has 0 heterocycles. The van der Waals surface area contributed by atoms with Gasteiger partial charge in [0.2, 0.25) is 0 Å². The molecule has 0 saturated carbocycles. The molecule has 0 aliphatic rings. The van der Waals surface area contributed by atoms with Crippen LogP contribution in [0.15, 0.2) is 0 Å². The molecule has 3 heteroatoms. The standard InChI is InChI=1S/C9H19NO2/c1-7(3-4-10)5-8(2)6-9(11)12/h7-8H,3-6,10H2,1-2H3,(H,11,12)/t7-,8-/m1/s1. The lowest BCUT2D eigenvalue weighted by molar-refractivity contribution is -0.138. The molecule has 0 bridgehead atoms. The molecule has 0 fully saturated rings. The van der Waals surface area contributed by atoms with Gasteiger partial charge in [-0.25, -0.2) is 0 Å². The number of carboxylic acids is 1. The van der Waals surface area contributed by atoms with Gasteiger partial charge in [0.1, 0.15) is 0 Å². The van der Waals surface area contributed by atoms with E-state index >= 15 is 0 Å². The van der Waals surface area contributed by atoms with Gasteiger partial charge in [0, 0.05) is 6.42 Å². The molecule has 0 aliphatic heterocycles. The molecule has 0 spiro atoms. The lowest BCUT2D eigenvalue weighted by atomic mass is 9.93. The summed E-state index contributed by atoms with van der Waals surface area (Å²) in [6.07, 6.45) is 2.22. The Kier molecular flexibility index (Phi) is 5.72. The molecule has 2 atom stereocenters. The second-order valence-corrected chi connectivity index (χ2v) is 3.62. The molecule has 72 valence electrons. The first-order chi connectivity index (χ1) is 5.56. The Morgan fingerprint density at radius 3 is 2.42 bits per heavy atom. The Morgan fingerprint density at radius 2 is 2.00 bits per heavy atom. The highest BCUT2D eigenvalue weighted by Gasteiger charge is 2.11. The van der Waals surface area contributed by atoms with Crippen molar-refractivity contribution in [3.05, 3.63) is 0 Å². The van der Waals surface area contributed by atoms with E-state index in [4.69, 9.17) is 10.8 Å². The van der Waals surface area contributed by atoms with Crippen LogP contribution in [0.2, 0.25) is 0 Å². The Hall–Kier alpha value is -0.570. The maximum Gasteiger partial charge on any atom is 0.303 e. The third-order valence-electron chi connectivity index (χ3n) is 1.99. The number of hydrogen-bond donors (Lipinski definition) is 2. The number of hydrogen-bond acceptors (Lipinski definition) is 2. The van der Waals surface area contributed by atoms with E-state index in [0.29, 0.717) is 12.5 Å². The first-order valence-electron chi connectivity index (χ1n) is 4.48. The Bertz CT molecular complexity index is 136. The van der Waals surface area contributed by atoms with Crippen LogP contribution < -0.4 is 5.73 Å². The molecule has 0 saturated heterocycles. The third-order valence-corrected chi connectivity index (χ3v) is 1.99. The highest BCUT2D eigenvalue weighted by molar-refractivity contribution is 5.66. The zero-order valence-corrected chi connectivity index (χ0v) is 7.92. The molecule has 0 amide bonds. The van der Waals surface area contributed by atoms with Gasteiger partial charge in [-0.05, 0) is 31.2 Å². The molecule has 0 aliphatic carbocycles. The number of carbonyl (C=O) groups is 1. The zero-order valence-electron chi connectivity index (χ0n) is 7.92. The van der Waals surface area contributed by atoms with E-state index in [1.807, 2.05) is 6.92 Å². The largest absolute Gasteiger partial charge is 0.481 e. The number of carboxylic acid groups (broad SMARTS) is 1. The predicted molar refractivity (Wildman–Crippen MR) is 48.9 cm³/mol. The summed E-state index contributed by atoms with van der Waals surface area (Å²) in [7, 11) is 0. The van der Waals surface area contributed by atoms with Crippen LogP contribution in [0.5, 0.6) is 0 Å². The lowest BCUT2D eigenvalue weighted by Gasteiger charge is -2.14. The number of rotatable bonds is 6. The summed E-state index contributed by atoms with van der Waals surface area (Å²) >= 11 is 0. The van der Waals surface area contributed by atoms with E-state index < -0.39 is 5.97 Å². The van der Waals surface area contributed by atoms with E-state index in [1.54, 1.807) is 0 Å². The average Bonchev–Trinajstić information content (AvgIpc) is 1.84. The molecular formula is C9H19NO2. The van der Waals surface area contributed by atoms with Crippen LogP contribution in [0, 0.1) is 11.8 Å². The van der Waals surface area contributed by atoms with Gasteiger partial charge in [-0.3, -0.25) is 4.79 Å². The van der Waals surface area contributed by atoms with Crippen LogP contribution in [0.1, 0.15) is 33.1 Å². The SMILES string of the molecule is C[C@H](CCN)C[C@@H](C)CC(=O)O. The Labute approximate surface area is 74.0 Å². The van der Waals surface area contributed by atoms with Crippen molar-refractivity contribution in [2.45, 2.75) is 33.1 Å². The molecule has 0 aromatic rings. The lowest BCUT2D eigenvalue weighted by Crippen LogP contribution is -2.11. The fourth-order valence-electron chi connectivity index (χ4n) is 1.47. The van der Waals surface area contributed by atoms with E-state index in [0.717, 1.165) is 12.8 Å². The van der Waals surface area contributed by atoms with E-state index in [9.17, 15) is 4.79 Å². The number of aliphatic carboxylic acids is 1. The van der Waals surface area contributed by atoms with Crippen LogP contribution >= 0.6 is 0 Å². The number of nitrogens with two attached hydrogens (primary N) is 1. The van der Waals surface area contributed by atoms with Gasteiger partial charge in [-0.1, -0.05) is 13.8 Å². The molecule has 0 aromatic carbocycles. The minimum absolute atomic E-state index is 0.268. The summed E-state index contributed by atoms with van der Waals surface area (Å²) in [4.78, 5) is 10.3. The molecule has 0 rings (SSSR count). The maximum atomic E-state index is 10.3. The van der Waals surface area contributed by atoms with Gasteiger partial charge in [0.05, 0.1) is 0 Å². The van der Waals surface area contributed by atoms with Crippen molar-refractivity contribution in [3.8, 4) is 0 Å². The van der Waals surface area contributed by atoms with Crippen molar-refractivity contribution in [1.29, 1.82) is 0 Å². The van der Waals surface area contributed by atoms with Gasteiger partial charge in [-0.2, -0.15) is 0 Å². The monoisotopic (exact) mass is 173 g/mol. The summed E-state index contributed by atoms with van der Waals surface area (Å²) < 4.78 is 0. The van der Waals surface area contributed by atoms with Crippen molar-refractivity contribution in [1.82, 2.24) is 0 Å². The van der Waals surface area contributed by atoms with Gasteiger partial charge in [-0.15, -0.1) is 0 Å². The van der Waals surface area contributed by atoms with Crippen LogP contribution in [0.3, 0.4) is 0 Å². The van der Waals surface area contributed by atoms with Gasteiger partial charge in [0.25, 0.3) is 0 Å². The highest BCUT2D eigenvalue weighted by atomic mass is 16.4. The first-order valence-corrected chi connectivity index (χ1v) is 4.48. The third kappa shape index (κ3) is 6.16. The molecular weight excluding hydrogens is 154 g/mol. The van der Waals surface area contributed by atoms with Crippen LogP contribution in [-0.2, 0) is 4.79 Å². The fraction of sp³-hybridized carbons (Fsp3) is 0.889. The Morgan fingerprint density at radius 1 is 1.42 bits per heavy atom. The van der Waals surface area contributed by atoms with Crippen LogP contribution in [0.25, 0.3) is 0 Å². The smallest absolute Gasteiger partial charge is 0.303 e.